The van der Waals surface area contributed by atoms with Crippen molar-refractivity contribution in [3.63, 3.8) is 0 Å². The Kier molecular flexibility index (Phi) is 5.95. The lowest BCUT2D eigenvalue weighted by Gasteiger charge is -2.23. The van der Waals surface area contributed by atoms with Gasteiger partial charge in [-0.15, -0.1) is 5.10 Å². The van der Waals surface area contributed by atoms with E-state index in [9.17, 15) is 4.79 Å². The lowest BCUT2D eigenvalue weighted by Crippen LogP contribution is -2.31. The molecular formula is C19H27N5O3. The number of nitrogens with zero attached hydrogens (tertiary/aromatic N) is 3. The van der Waals surface area contributed by atoms with Gasteiger partial charge in [0.05, 0.1) is 32.0 Å². The molecule has 0 radical (unpaired) electrons. The molecule has 3 rings (SSSR count). The van der Waals surface area contributed by atoms with Gasteiger partial charge in [-0.3, -0.25) is 4.79 Å². The van der Waals surface area contributed by atoms with Crippen LogP contribution < -0.4 is 20.1 Å². The van der Waals surface area contributed by atoms with Crippen molar-refractivity contribution in [2.75, 3.05) is 27.3 Å². The molecule has 27 heavy (non-hydrogen) atoms. The van der Waals surface area contributed by atoms with Gasteiger partial charge < -0.3 is 20.1 Å². The largest absolute Gasteiger partial charge is 0.493 e. The average molecular weight is 373 g/mol. The van der Waals surface area contributed by atoms with E-state index in [2.05, 4.69) is 20.9 Å². The third kappa shape index (κ3) is 4.05. The summed E-state index contributed by atoms with van der Waals surface area (Å²) in [5, 5.41) is 14.7. The molecule has 146 valence electrons. The van der Waals surface area contributed by atoms with Gasteiger partial charge in [0.15, 0.2) is 17.2 Å². The quantitative estimate of drug-likeness (QED) is 0.805. The molecule has 2 heterocycles. The van der Waals surface area contributed by atoms with E-state index < -0.39 is 0 Å². The van der Waals surface area contributed by atoms with Gasteiger partial charge in [-0.05, 0) is 57.5 Å². The predicted molar refractivity (Wildman–Crippen MR) is 101 cm³/mol. The first-order chi connectivity index (χ1) is 13.0. The molecule has 1 aliphatic heterocycles. The van der Waals surface area contributed by atoms with Crippen LogP contribution in [0.5, 0.6) is 11.5 Å². The molecule has 0 bridgehead atoms. The van der Waals surface area contributed by atoms with Crippen molar-refractivity contribution in [2.45, 2.75) is 38.8 Å². The van der Waals surface area contributed by atoms with Crippen LogP contribution in [-0.2, 0) is 0 Å². The molecule has 8 heteroatoms. The van der Waals surface area contributed by atoms with Crippen molar-refractivity contribution in [3.8, 4) is 11.5 Å². The highest BCUT2D eigenvalue weighted by molar-refractivity contribution is 5.93. The van der Waals surface area contributed by atoms with Gasteiger partial charge in [0.1, 0.15) is 0 Å². The van der Waals surface area contributed by atoms with Crippen LogP contribution in [0.2, 0.25) is 0 Å². The summed E-state index contributed by atoms with van der Waals surface area (Å²) in [6.07, 6.45) is 1.99. The van der Waals surface area contributed by atoms with Gasteiger partial charge >= 0.3 is 0 Å². The van der Waals surface area contributed by atoms with Crippen molar-refractivity contribution in [1.29, 1.82) is 0 Å². The number of rotatable bonds is 6. The number of ether oxygens (including phenoxy) is 2. The SMILES string of the molecule is COc1ccc(C(C)NC(=O)c2nnn(C3CCNCC3)c2C)cc1OC. The summed E-state index contributed by atoms with van der Waals surface area (Å²) in [5.74, 6) is 1.06. The molecule has 1 unspecified atom stereocenters. The van der Waals surface area contributed by atoms with Crippen LogP contribution in [0.1, 0.15) is 53.6 Å². The van der Waals surface area contributed by atoms with Gasteiger partial charge in [-0.1, -0.05) is 11.3 Å². The molecule has 1 saturated heterocycles. The van der Waals surface area contributed by atoms with Crippen molar-refractivity contribution in [1.82, 2.24) is 25.6 Å². The van der Waals surface area contributed by atoms with Crippen molar-refractivity contribution in [2.24, 2.45) is 0 Å². The monoisotopic (exact) mass is 373 g/mol. The zero-order valence-corrected chi connectivity index (χ0v) is 16.3. The number of carbonyl (C=O) groups excluding carboxylic acids is 1. The van der Waals surface area contributed by atoms with Crippen LogP contribution in [0.15, 0.2) is 18.2 Å². The number of nitrogens with one attached hydrogen (secondary N) is 2. The average Bonchev–Trinajstić information content (AvgIpc) is 3.09. The minimum atomic E-state index is -0.227. The molecular weight excluding hydrogens is 346 g/mol. The molecule has 1 aromatic heterocycles. The van der Waals surface area contributed by atoms with Crippen LogP contribution in [-0.4, -0.2) is 48.2 Å². The lowest BCUT2D eigenvalue weighted by atomic mass is 10.1. The zero-order chi connectivity index (χ0) is 19.4. The summed E-state index contributed by atoms with van der Waals surface area (Å²) in [6.45, 7) is 5.74. The maximum atomic E-state index is 12.7. The molecule has 1 fully saturated rings. The minimum Gasteiger partial charge on any atom is -0.493 e. The molecule has 0 saturated carbocycles. The van der Waals surface area contributed by atoms with Crippen molar-refractivity contribution >= 4 is 5.91 Å². The third-order valence-corrected chi connectivity index (χ3v) is 5.05. The van der Waals surface area contributed by atoms with E-state index in [0.717, 1.165) is 37.2 Å². The minimum absolute atomic E-state index is 0.208. The Morgan fingerprint density at radius 2 is 1.96 bits per heavy atom. The first-order valence-corrected chi connectivity index (χ1v) is 9.20. The molecule has 2 aromatic rings. The fourth-order valence-electron chi connectivity index (χ4n) is 3.42. The van der Waals surface area contributed by atoms with E-state index in [1.54, 1.807) is 14.2 Å². The fraction of sp³-hybridized carbons (Fsp3) is 0.526. The van der Waals surface area contributed by atoms with E-state index in [-0.39, 0.29) is 11.9 Å². The standard InChI is InChI=1S/C19H27N5O3/c1-12(14-5-6-16(26-3)17(11-14)27-4)21-19(25)18-13(2)24(23-22-18)15-7-9-20-10-8-15/h5-6,11-12,15,20H,7-10H2,1-4H3,(H,21,25). The number of hydrogen-bond acceptors (Lipinski definition) is 6. The van der Waals surface area contributed by atoms with Crippen LogP contribution in [0.3, 0.4) is 0 Å². The van der Waals surface area contributed by atoms with Crippen LogP contribution >= 0.6 is 0 Å². The Hall–Kier alpha value is -2.61. The van der Waals surface area contributed by atoms with Gasteiger partial charge in [-0.2, -0.15) is 0 Å². The third-order valence-electron chi connectivity index (χ3n) is 5.05. The molecule has 8 nitrogen and oxygen atoms in total. The number of hydrogen-bond donors (Lipinski definition) is 2. The second-order valence-corrected chi connectivity index (χ2v) is 6.76. The second-order valence-electron chi connectivity index (χ2n) is 6.76. The molecule has 1 aliphatic rings. The van der Waals surface area contributed by atoms with E-state index in [0.29, 0.717) is 23.2 Å². The van der Waals surface area contributed by atoms with E-state index in [4.69, 9.17) is 9.47 Å². The number of carbonyl (C=O) groups is 1. The number of amides is 1. The molecule has 2 N–H and O–H groups in total. The maximum absolute atomic E-state index is 12.7. The number of aromatic nitrogens is 3. The van der Waals surface area contributed by atoms with E-state index in [1.165, 1.54) is 0 Å². The smallest absolute Gasteiger partial charge is 0.274 e. The highest BCUT2D eigenvalue weighted by Crippen LogP contribution is 2.30. The second kappa shape index (κ2) is 8.39. The topological polar surface area (TPSA) is 90.3 Å². The summed E-state index contributed by atoms with van der Waals surface area (Å²) in [4.78, 5) is 12.7. The summed E-state index contributed by atoms with van der Waals surface area (Å²) >= 11 is 0. The van der Waals surface area contributed by atoms with Crippen LogP contribution in [0.25, 0.3) is 0 Å². The highest BCUT2D eigenvalue weighted by Gasteiger charge is 2.24. The van der Waals surface area contributed by atoms with E-state index in [1.807, 2.05) is 36.7 Å². The molecule has 0 spiro atoms. The summed E-state index contributed by atoms with van der Waals surface area (Å²) in [6, 6.07) is 5.69. The Balaban J connectivity index is 1.72. The van der Waals surface area contributed by atoms with Crippen LogP contribution in [0.4, 0.5) is 0 Å². The summed E-state index contributed by atoms with van der Waals surface area (Å²) in [7, 11) is 3.19. The number of benzene rings is 1. The zero-order valence-electron chi connectivity index (χ0n) is 16.3. The van der Waals surface area contributed by atoms with Gasteiger partial charge in [-0.25, -0.2) is 4.68 Å². The van der Waals surface area contributed by atoms with E-state index >= 15 is 0 Å². The van der Waals surface area contributed by atoms with Crippen molar-refractivity contribution < 1.29 is 14.3 Å². The fourth-order valence-corrected chi connectivity index (χ4v) is 3.42. The van der Waals surface area contributed by atoms with Gasteiger partial charge in [0.25, 0.3) is 5.91 Å². The first kappa shape index (κ1) is 19.2. The van der Waals surface area contributed by atoms with Gasteiger partial charge in [0.2, 0.25) is 0 Å². The highest BCUT2D eigenvalue weighted by atomic mass is 16.5. The summed E-state index contributed by atoms with van der Waals surface area (Å²) in [5.41, 5.74) is 2.10. The van der Waals surface area contributed by atoms with Gasteiger partial charge in [0, 0.05) is 0 Å². The normalized spacial score (nSPS) is 16.0. The van der Waals surface area contributed by atoms with Crippen LogP contribution in [0, 0.1) is 6.92 Å². The van der Waals surface area contributed by atoms with Crippen molar-refractivity contribution in [3.05, 3.63) is 35.2 Å². The molecule has 1 amide bonds. The predicted octanol–water partition coefficient (Wildman–Crippen LogP) is 2.02. The molecule has 0 aliphatic carbocycles. The molecule has 1 atom stereocenters. The maximum Gasteiger partial charge on any atom is 0.274 e. The Labute approximate surface area is 159 Å². The lowest BCUT2D eigenvalue weighted by molar-refractivity contribution is 0.0934. The number of methoxy groups -OCH3 is 2. The Bertz CT molecular complexity index is 799. The Morgan fingerprint density at radius 1 is 1.26 bits per heavy atom. The first-order valence-electron chi connectivity index (χ1n) is 9.20. The Morgan fingerprint density at radius 3 is 2.63 bits per heavy atom. The number of piperidine rings is 1. The summed E-state index contributed by atoms with van der Waals surface area (Å²) < 4.78 is 12.5. The molecule has 1 aromatic carbocycles.